The molecule has 224 valence electrons. The number of anilines is 1. The lowest BCUT2D eigenvalue weighted by atomic mass is 9.82. The number of fused-ring (bicyclic) bond motifs is 1. The number of unbranched alkanes of at least 4 members (excludes halogenated alkanes) is 1. The topological polar surface area (TPSA) is 103 Å². The van der Waals surface area contributed by atoms with E-state index < -0.39 is 0 Å². The lowest BCUT2D eigenvalue weighted by Gasteiger charge is -2.23. The zero-order chi connectivity index (χ0) is 30.5. The molecule has 1 N–H and O–H groups in total. The van der Waals surface area contributed by atoms with Gasteiger partial charge in [0, 0.05) is 29.6 Å². The number of aromatic nitrogens is 5. The highest BCUT2D eigenvalue weighted by Crippen LogP contribution is 2.32. The number of hydrogen-bond acceptors (Lipinski definition) is 8. The Morgan fingerprint density at radius 1 is 1.07 bits per heavy atom. The average Bonchev–Trinajstić information content (AvgIpc) is 3.69. The van der Waals surface area contributed by atoms with E-state index in [4.69, 9.17) is 0 Å². The molecule has 1 aliphatic carbocycles. The van der Waals surface area contributed by atoms with Gasteiger partial charge >= 0.3 is 0 Å². The second-order valence-corrected chi connectivity index (χ2v) is 13.1. The fourth-order valence-corrected chi connectivity index (χ4v) is 6.87. The third kappa shape index (κ3) is 6.97. The maximum Gasteiger partial charge on any atom is 0.237 e. The number of amides is 1. The molecule has 5 aromatic rings. The Bertz CT molecular complexity index is 1750. The maximum atomic E-state index is 13.1. The standard InChI is InChI=1S/C34H34N6O2S2/c1-3-4-6-23-10-14-26(15-11-23)40-31(19-27-7-5-16-43-27)38-39-34(40)44-21-32(42)37-33-35-20-28-29(36-33)17-25(18-30(28)41)24-12-8-22(2)9-13-24/h5,7-16,20,25H,3-4,6,17-19,21H2,1-2H3,(H,35,36,37,42). The van der Waals surface area contributed by atoms with Crippen LogP contribution in [-0.4, -0.2) is 42.2 Å². The molecule has 0 radical (unpaired) electrons. The molecule has 1 amide bonds. The lowest BCUT2D eigenvalue weighted by molar-refractivity contribution is -0.113. The minimum Gasteiger partial charge on any atom is -0.294 e. The van der Waals surface area contributed by atoms with Crippen LogP contribution >= 0.6 is 23.1 Å². The summed E-state index contributed by atoms with van der Waals surface area (Å²) in [6.45, 7) is 4.24. The first-order valence-corrected chi connectivity index (χ1v) is 16.8. The van der Waals surface area contributed by atoms with Crippen LogP contribution in [0.2, 0.25) is 0 Å². The number of ketones is 1. The van der Waals surface area contributed by atoms with Gasteiger partial charge in [-0.1, -0.05) is 73.1 Å². The Kier molecular flexibility index (Phi) is 9.28. The van der Waals surface area contributed by atoms with Crippen LogP contribution < -0.4 is 5.32 Å². The van der Waals surface area contributed by atoms with Gasteiger partial charge in [0.25, 0.3) is 0 Å². The molecule has 0 spiro atoms. The number of nitrogens with zero attached hydrogens (tertiary/aromatic N) is 5. The van der Waals surface area contributed by atoms with E-state index in [9.17, 15) is 9.59 Å². The number of thioether (sulfide) groups is 1. The van der Waals surface area contributed by atoms with Crippen LogP contribution in [0.15, 0.2) is 77.4 Å². The van der Waals surface area contributed by atoms with Crippen LogP contribution in [0.3, 0.4) is 0 Å². The number of hydrogen-bond donors (Lipinski definition) is 1. The molecule has 0 saturated carbocycles. The van der Waals surface area contributed by atoms with Crippen molar-refractivity contribution in [3.8, 4) is 5.69 Å². The van der Waals surface area contributed by atoms with Crippen LogP contribution in [0.5, 0.6) is 0 Å². The van der Waals surface area contributed by atoms with Crippen molar-refractivity contribution < 1.29 is 9.59 Å². The van der Waals surface area contributed by atoms with E-state index in [1.165, 1.54) is 34.0 Å². The second kappa shape index (κ2) is 13.7. The Morgan fingerprint density at radius 2 is 1.89 bits per heavy atom. The Morgan fingerprint density at radius 3 is 2.64 bits per heavy atom. The number of nitrogens with one attached hydrogen (secondary N) is 1. The van der Waals surface area contributed by atoms with Crippen LogP contribution in [0.4, 0.5) is 5.95 Å². The van der Waals surface area contributed by atoms with E-state index >= 15 is 0 Å². The van der Waals surface area contributed by atoms with Gasteiger partial charge in [-0.15, -0.1) is 21.5 Å². The summed E-state index contributed by atoms with van der Waals surface area (Å²) in [6.07, 6.45) is 6.61. The van der Waals surface area contributed by atoms with Crippen LogP contribution in [0.25, 0.3) is 5.69 Å². The van der Waals surface area contributed by atoms with E-state index in [1.54, 1.807) is 11.3 Å². The predicted octanol–water partition coefficient (Wildman–Crippen LogP) is 7.00. The van der Waals surface area contributed by atoms with Crippen molar-refractivity contribution in [3.05, 3.63) is 111 Å². The predicted molar refractivity (Wildman–Crippen MR) is 175 cm³/mol. The fourth-order valence-electron chi connectivity index (χ4n) is 5.40. The molecule has 0 bridgehead atoms. The van der Waals surface area contributed by atoms with E-state index in [-0.39, 0.29) is 29.3 Å². The number of aryl methyl sites for hydroxylation is 2. The summed E-state index contributed by atoms with van der Waals surface area (Å²) in [5, 5.41) is 14.5. The lowest BCUT2D eigenvalue weighted by Crippen LogP contribution is -2.23. The second-order valence-electron chi connectivity index (χ2n) is 11.1. The minimum absolute atomic E-state index is 0.0290. The molecule has 0 saturated heterocycles. The van der Waals surface area contributed by atoms with Gasteiger partial charge in [-0.05, 0) is 66.8 Å². The van der Waals surface area contributed by atoms with Gasteiger partial charge < -0.3 is 0 Å². The largest absolute Gasteiger partial charge is 0.294 e. The number of rotatable bonds is 11. The molecule has 8 nitrogen and oxygen atoms in total. The van der Waals surface area contributed by atoms with E-state index in [1.807, 2.05) is 17.6 Å². The molecule has 3 heterocycles. The zero-order valence-electron chi connectivity index (χ0n) is 24.8. The smallest absolute Gasteiger partial charge is 0.237 e. The molecule has 1 unspecified atom stereocenters. The summed E-state index contributed by atoms with van der Waals surface area (Å²) in [7, 11) is 0. The summed E-state index contributed by atoms with van der Waals surface area (Å²) in [6, 6.07) is 20.9. The monoisotopic (exact) mass is 622 g/mol. The van der Waals surface area contributed by atoms with Gasteiger partial charge in [0.05, 0.1) is 17.0 Å². The number of Topliss-reactive ketones (excluding diaryl/α,β-unsaturated/α-hetero) is 1. The van der Waals surface area contributed by atoms with Crippen molar-refractivity contribution in [2.24, 2.45) is 0 Å². The van der Waals surface area contributed by atoms with Gasteiger partial charge in [-0.3, -0.25) is 19.5 Å². The fraction of sp³-hybridized carbons (Fsp3) is 0.294. The molecule has 44 heavy (non-hydrogen) atoms. The maximum absolute atomic E-state index is 13.1. The molecular weight excluding hydrogens is 589 g/mol. The van der Waals surface area contributed by atoms with Crippen LogP contribution in [-0.2, 0) is 24.1 Å². The third-order valence-electron chi connectivity index (χ3n) is 7.80. The number of carbonyl (C=O) groups is 2. The molecule has 1 atom stereocenters. The van der Waals surface area contributed by atoms with Crippen molar-refractivity contribution in [1.82, 2.24) is 24.7 Å². The quantitative estimate of drug-likeness (QED) is 0.158. The molecule has 3 aromatic heterocycles. The molecule has 2 aromatic carbocycles. The SMILES string of the molecule is CCCCc1ccc(-n2c(Cc3cccs3)nnc2SCC(=O)Nc2ncc3c(n2)CC(c2ccc(C)cc2)CC3=O)cc1. The Labute approximate surface area is 265 Å². The summed E-state index contributed by atoms with van der Waals surface area (Å²) < 4.78 is 2.04. The summed E-state index contributed by atoms with van der Waals surface area (Å²) in [5.74, 6) is 0.964. The number of thiophene rings is 1. The van der Waals surface area contributed by atoms with Crippen molar-refractivity contribution >= 4 is 40.7 Å². The average molecular weight is 623 g/mol. The van der Waals surface area contributed by atoms with E-state index in [0.29, 0.717) is 35.7 Å². The van der Waals surface area contributed by atoms with Gasteiger partial charge in [-0.2, -0.15) is 0 Å². The van der Waals surface area contributed by atoms with Gasteiger partial charge in [-0.25, -0.2) is 9.97 Å². The van der Waals surface area contributed by atoms with Crippen molar-refractivity contribution in [2.75, 3.05) is 11.1 Å². The highest BCUT2D eigenvalue weighted by atomic mass is 32.2. The summed E-state index contributed by atoms with van der Waals surface area (Å²) >= 11 is 3.00. The molecule has 6 rings (SSSR count). The molecule has 0 aliphatic heterocycles. The van der Waals surface area contributed by atoms with E-state index in [2.05, 4.69) is 92.4 Å². The summed E-state index contributed by atoms with van der Waals surface area (Å²) in [4.78, 5) is 36.0. The first-order valence-electron chi connectivity index (χ1n) is 14.9. The minimum atomic E-state index is -0.253. The van der Waals surface area contributed by atoms with Crippen molar-refractivity contribution in [2.45, 2.75) is 63.4 Å². The first-order chi connectivity index (χ1) is 21.5. The Balaban J connectivity index is 1.16. The number of carbonyl (C=O) groups excluding carboxylic acids is 2. The van der Waals surface area contributed by atoms with Gasteiger partial charge in [0.1, 0.15) is 5.82 Å². The third-order valence-corrected chi connectivity index (χ3v) is 9.60. The van der Waals surface area contributed by atoms with Crippen LogP contribution in [0, 0.1) is 6.92 Å². The van der Waals surface area contributed by atoms with Crippen LogP contribution in [0.1, 0.15) is 75.5 Å². The molecule has 1 aliphatic rings. The normalized spacial score (nSPS) is 14.4. The van der Waals surface area contributed by atoms with Gasteiger partial charge in [0.15, 0.2) is 10.9 Å². The highest BCUT2D eigenvalue weighted by Gasteiger charge is 2.28. The zero-order valence-corrected chi connectivity index (χ0v) is 26.5. The van der Waals surface area contributed by atoms with Crippen molar-refractivity contribution in [1.29, 1.82) is 0 Å². The van der Waals surface area contributed by atoms with Gasteiger partial charge in [0.2, 0.25) is 11.9 Å². The molecular formula is C34H34N6O2S2. The highest BCUT2D eigenvalue weighted by molar-refractivity contribution is 7.99. The van der Waals surface area contributed by atoms with E-state index in [0.717, 1.165) is 36.3 Å². The first kappa shape index (κ1) is 29.9. The van der Waals surface area contributed by atoms with Crippen molar-refractivity contribution in [3.63, 3.8) is 0 Å². The number of benzene rings is 2. The Hall–Kier alpha value is -4.15. The molecule has 0 fully saturated rings. The molecule has 10 heteroatoms. The summed E-state index contributed by atoms with van der Waals surface area (Å²) in [5.41, 5.74) is 5.77.